The third-order valence-corrected chi connectivity index (χ3v) is 5.91. The number of carbonyl (C=O) groups excluding carboxylic acids is 1. The number of hydrogen-bond donors (Lipinski definition) is 0. The van der Waals surface area contributed by atoms with Crippen LogP contribution in [0.1, 0.15) is 15.9 Å². The van der Waals surface area contributed by atoms with Gasteiger partial charge in [0.15, 0.2) is 9.84 Å². The average Bonchev–Trinajstić information content (AvgIpc) is 2.74. The molecule has 3 rings (SSSR count). The predicted octanol–water partition coefficient (Wildman–Crippen LogP) is 2.18. The molecule has 1 amide bonds. The fourth-order valence-corrected chi connectivity index (χ4v) is 4.37. The number of carbonyl (C=O) groups is 1. The highest BCUT2D eigenvalue weighted by atomic mass is 35.5. The van der Waals surface area contributed by atoms with Crippen LogP contribution in [0.25, 0.3) is 0 Å². The summed E-state index contributed by atoms with van der Waals surface area (Å²) in [6, 6.07) is 5.89. The maximum atomic E-state index is 12.8. The van der Waals surface area contributed by atoms with Gasteiger partial charge in [-0.05, 0) is 29.8 Å². The number of rotatable bonds is 4. The Hall–Kier alpha value is -2.32. The summed E-state index contributed by atoms with van der Waals surface area (Å²) in [5.41, 5.74) is 0.619. The summed E-state index contributed by atoms with van der Waals surface area (Å²) in [5, 5.41) is 0.287. The number of pyridine rings is 1. The second-order valence-corrected chi connectivity index (χ2v) is 8.22. The van der Waals surface area contributed by atoms with Gasteiger partial charge in [-0.15, -0.1) is 0 Å². The van der Waals surface area contributed by atoms with Gasteiger partial charge in [-0.25, -0.2) is 13.4 Å². The molecule has 0 unspecified atom stereocenters. The van der Waals surface area contributed by atoms with Crippen LogP contribution in [0, 0.1) is 0 Å². The minimum Gasteiger partial charge on any atom is -0.495 e. The third-order valence-electron chi connectivity index (χ3n) is 3.97. The molecule has 138 valence electrons. The number of ether oxygens (including phenoxy) is 2. The lowest BCUT2D eigenvalue weighted by Gasteiger charge is -2.13. The first kappa shape index (κ1) is 18.5. The van der Waals surface area contributed by atoms with Crippen molar-refractivity contribution in [2.24, 2.45) is 0 Å². The lowest BCUT2D eigenvalue weighted by Crippen LogP contribution is -2.27. The lowest BCUT2D eigenvalue weighted by molar-refractivity contribution is 0.0796. The van der Waals surface area contributed by atoms with E-state index < -0.39 is 9.84 Å². The Morgan fingerprint density at radius 1 is 1.35 bits per heavy atom. The van der Waals surface area contributed by atoms with E-state index in [1.165, 1.54) is 36.4 Å². The second kappa shape index (κ2) is 7.13. The number of likely N-dealkylation sites (N-methyl/N-ethyl adjacent to an activating group) is 1. The zero-order valence-electron chi connectivity index (χ0n) is 14.2. The number of fused-ring (bicyclic) bond motifs is 1. The summed E-state index contributed by atoms with van der Waals surface area (Å²) in [6.45, 7) is 0.766. The fourth-order valence-electron chi connectivity index (χ4n) is 2.62. The average molecular weight is 397 g/mol. The Bertz CT molecular complexity index is 962. The van der Waals surface area contributed by atoms with Crippen LogP contribution in [0.15, 0.2) is 35.4 Å². The topological polar surface area (TPSA) is 85.8 Å². The van der Waals surface area contributed by atoms with Crippen LogP contribution in [-0.4, -0.2) is 51.5 Å². The molecule has 2 heterocycles. The first-order valence-electron chi connectivity index (χ1n) is 7.75. The molecule has 0 saturated heterocycles. The maximum absolute atomic E-state index is 12.8. The zero-order valence-corrected chi connectivity index (χ0v) is 15.8. The molecule has 2 aromatic rings. The van der Waals surface area contributed by atoms with Gasteiger partial charge in [0.25, 0.3) is 5.91 Å². The van der Waals surface area contributed by atoms with E-state index in [0.717, 1.165) is 0 Å². The summed E-state index contributed by atoms with van der Waals surface area (Å²) in [6.07, 6.45) is 1.39. The van der Waals surface area contributed by atoms with Gasteiger partial charge in [-0.1, -0.05) is 11.6 Å². The first-order valence-corrected chi connectivity index (χ1v) is 9.78. The number of nitrogens with zero attached hydrogens (tertiary/aromatic N) is 2. The molecule has 9 heteroatoms. The van der Waals surface area contributed by atoms with E-state index >= 15 is 0 Å². The normalized spacial score (nSPS) is 14.4. The number of aromatic nitrogens is 1. The van der Waals surface area contributed by atoms with Crippen molar-refractivity contribution in [1.29, 1.82) is 0 Å². The van der Waals surface area contributed by atoms with Gasteiger partial charge in [0.2, 0.25) is 5.88 Å². The SMILES string of the molecule is COc1ccc(Cl)cc1S(=O)(=O)Cc1cnc2c(c1)C(=O)N(C)CCO2. The number of sulfone groups is 1. The summed E-state index contributed by atoms with van der Waals surface area (Å²) in [5.74, 6) is -0.192. The Morgan fingerprint density at radius 2 is 2.12 bits per heavy atom. The summed E-state index contributed by atoms with van der Waals surface area (Å²) in [4.78, 5) is 18.0. The molecule has 1 aliphatic rings. The molecule has 1 aliphatic heterocycles. The second-order valence-electron chi connectivity index (χ2n) is 5.83. The van der Waals surface area contributed by atoms with Gasteiger partial charge >= 0.3 is 0 Å². The molecule has 1 aromatic carbocycles. The summed E-state index contributed by atoms with van der Waals surface area (Å²) in [7, 11) is -0.720. The van der Waals surface area contributed by atoms with E-state index in [2.05, 4.69) is 4.98 Å². The van der Waals surface area contributed by atoms with Crippen molar-refractivity contribution in [3.05, 3.63) is 46.6 Å². The molecule has 0 fully saturated rings. The molecule has 0 atom stereocenters. The van der Waals surface area contributed by atoms with E-state index in [1.54, 1.807) is 13.1 Å². The van der Waals surface area contributed by atoms with Crippen LogP contribution in [-0.2, 0) is 15.6 Å². The molecule has 0 aliphatic carbocycles. The Morgan fingerprint density at radius 3 is 2.85 bits per heavy atom. The molecular weight excluding hydrogens is 380 g/mol. The summed E-state index contributed by atoms with van der Waals surface area (Å²) >= 11 is 5.93. The molecule has 0 bridgehead atoms. The highest BCUT2D eigenvalue weighted by Crippen LogP contribution is 2.30. The number of amides is 1. The molecule has 26 heavy (non-hydrogen) atoms. The van der Waals surface area contributed by atoms with Crippen molar-refractivity contribution < 1.29 is 22.7 Å². The largest absolute Gasteiger partial charge is 0.495 e. The van der Waals surface area contributed by atoms with Crippen LogP contribution in [0.5, 0.6) is 11.6 Å². The predicted molar refractivity (Wildman–Crippen MR) is 95.6 cm³/mol. The molecule has 7 nitrogen and oxygen atoms in total. The van der Waals surface area contributed by atoms with Crippen LogP contribution < -0.4 is 9.47 Å². The standard InChI is InChI=1S/C17H17ClN2O5S/c1-20-5-6-25-16-13(17(20)21)7-11(9-19-16)10-26(22,23)15-8-12(18)3-4-14(15)24-2/h3-4,7-9H,5-6,10H2,1-2H3. The monoisotopic (exact) mass is 396 g/mol. The van der Waals surface area contributed by atoms with Crippen molar-refractivity contribution >= 4 is 27.3 Å². The van der Waals surface area contributed by atoms with Gasteiger partial charge < -0.3 is 14.4 Å². The Labute approximate surface area is 156 Å². The smallest absolute Gasteiger partial charge is 0.259 e. The highest BCUT2D eigenvalue weighted by molar-refractivity contribution is 7.90. The van der Waals surface area contributed by atoms with E-state index in [-0.39, 0.29) is 38.8 Å². The first-order chi connectivity index (χ1) is 12.3. The molecule has 0 spiro atoms. The van der Waals surface area contributed by atoms with E-state index in [9.17, 15) is 13.2 Å². The van der Waals surface area contributed by atoms with Crippen molar-refractivity contribution in [3.63, 3.8) is 0 Å². The number of benzene rings is 1. The van der Waals surface area contributed by atoms with Gasteiger partial charge in [-0.2, -0.15) is 0 Å². The highest BCUT2D eigenvalue weighted by Gasteiger charge is 2.25. The third kappa shape index (κ3) is 3.61. The minimum atomic E-state index is -3.76. The van der Waals surface area contributed by atoms with Crippen molar-refractivity contribution in [2.45, 2.75) is 10.6 Å². The molecule has 0 saturated carbocycles. The van der Waals surface area contributed by atoms with Crippen molar-refractivity contribution in [2.75, 3.05) is 27.3 Å². The molecular formula is C17H17ClN2O5S. The molecule has 0 N–H and O–H groups in total. The van der Waals surface area contributed by atoms with Crippen LogP contribution in [0.3, 0.4) is 0 Å². The van der Waals surface area contributed by atoms with Crippen LogP contribution in [0.2, 0.25) is 5.02 Å². The van der Waals surface area contributed by atoms with Crippen molar-refractivity contribution in [1.82, 2.24) is 9.88 Å². The fraction of sp³-hybridized carbons (Fsp3) is 0.294. The lowest BCUT2D eigenvalue weighted by atomic mass is 10.2. The van der Waals surface area contributed by atoms with E-state index in [0.29, 0.717) is 18.7 Å². The van der Waals surface area contributed by atoms with Gasteiger partial charge in [0, 0.05) is 18.3 Å². The molecule has 0 radical (unpaired) electrons. The zero-order chi connectivity index (χ0) is 18.9. The van der Waals surface area contributed by atoms with Crippen molar-refractivity contribution in [3.8, 4) is 11.6 Å². The van der Waals surface area contributed by atoms with Gasteiger partial charge in [0.1, 0.15) is 22.8 Å². The van der Waals surface area contributed by atoms with E-state index in [4.69, 9.17) is 21.1 Å². The van der Waals surface area contributed by atoms with E-state index in [1.807, 2.05) is 0 Å². The Balaban J connectivity index is 1.98. The maximum Gasteiger partial charge on any atom is 0.259 e. The molecule has 1 aromatic heterocycles. The number of methoxy groups -OCH3 is 1. The van der Waals surface area contributed by atoms with Gasteiger partial charge in [0.05, 0.1) is 19.4 Å². The Kier molecular flexibility index (Phi) is 5.06. The summed E-state index contributed by atoms with van der Waals surface area (Å²) < 4.78 is 36.2. The van der Waals surface area contributed by atoms with Crippen LogP contribution in [0.4, 0.5) is 0 Å². The number of halogens is 1. The number of hydrogen-bond acceptors (Lipinski definition) is 6. The minimum absolute atomic E-state index is 0.0119. The van der Waals surface area contributed by atoms with Crippen LogP contribution >= 0.6 is 11.6 Å². The van der Waals surface area contributed by atoms with Gasteiger partial charge in [-0.3, -0.25) is 4.79 Å². The quantitative estimate of drug-likeness (QED) is 0.787.